The van der Waals surface area contributed by atoms with Crippen LogP contribution in [-0.2, 0) is 18.0 Å². The number of fused-ring (bicyclic) bond motifs is 1. The zero-order chi connectivity index (χ0) is 12.7. The van der Waals surface area contributed by atoms with E-state index in [-0.39, 0.29) is 0 Å². The Morgan fingerprint density at radius 2 is 1.95 bits per heavy atom. The minimum atomic E-state index is 0.582. The fourth-order valence-corrected chi connectivity index (χ4v) is 3.10. The van der Waals surface area contributed by atoms with E-state index in [2.05, 4.69) is 33.4 Å². The number of rotatable bonds is 2. The fraction of sp³-hybridized carbons (Fsp3) is 0.467. The van der Waals surface area contributed by atoms with Crippen molar-refractivity contribution in [3.63, 3.8) is 0 Å². The van der Waals surface area contributed by atoms with Crippen LogP contribution in [0.4, 0.5) is 0 Å². The molecule has 4 nitrogen and oxygen atoms in total. The first-order valence-electron chi connectivity index (χ1n) is 7.02. The second-order valence-electron chi connectivity index (χ2n) is 5.50. The monoisotopic (exact) mass is 255 g/mol. The first kappa shape index (κ1) is 11.2. The van der Waals surface area contributed by atoms with Gasteiger partial charge in [-0.3, -0.25) is 5.10 Å². The van der Waals surface area contributed by atoms with Gasteiger partial charge in [0.1, 0.15) is 5.82 Å². The van der Waals surface area contributed by atoms with E-state index in [1.165, 1.54) is 36.8 Å². The van der Waals surface area contributed by atoms with Crippen LogP contribution in [0.3, 0.4) is 0 Å². The van der Waals surface area contributed by atoms with Gasteiger partial charge in [-0.2, -0.15) is 5.10 Å². The highest BCUT2D eigenvalue weighted by Crippen LogP contribution is 2.33. The summed E-state index contributed by atoms with van der Waals surface area (Å²) in [5.41, 5.74) is 3.64. The van der Waals surface area contributed by atoms with Crippen LogP contribution in [0.5, 0.6) is 0 Å². The summed E-state index contributed by atoms with van der Waals surface area (Å²) in [5.74, 6) is 2.46. The quantitative estimate of drug-likeness (QED) is 0.896. The van der Waals surface area contributed by atoms with Gasteiger partial charge in [0.25, 0.3) is 0 Å². The van der Waals surface area contributed by atoms with Gasteiger partial charge in [0.15, 0.2) is 5.82 Å². The Kier molecular flexibility index (Phi) is 2.62. The molecule has 1 aliphatic heterocycles. The number of nitrogens with zero attached hydrogens (tertiary/aromatic N) is 2. The number of benzene rings is 1. The predicted octanol–water partition coefficient (Wildman–Crippen LogP) is 3.16. The maximum absolute atomic E-state index is 5.44. The number of nitrogens with one attached hydrogen (secondary N) is 1. The number of hydrogen-bond donors (Lipinski definition) is 1. The zero-order valence-corrected chi connectivity index (χ0v) is 10.9. The standard InChI is InChI=1S/C15H17N3O/c1-2-4-10(3-1)14-16-15(18-17-14)11-5-6-12-8-19-9-13(12)7-11/h5-7,10H,1-4,8-9H2,(H,16,17,18). The van der Waals surface area contributed by atoms with Crippen molar-refractivity contribution in [2.75, 3.05) is 0 Å². The highest BCUT2D eigenvalue weighted by Gasteiger charge is 2.21. The molecule has 1 aromatic heterocycles. The summed E-state index contributed by atoms with van der Waals surface area (Å²) in [6.45, 7) is 1.44. The number of hydrogen-bond acceptors (Lipinski definition) is 3. The third-order valence-electron chi connectivity index (χ3n) is 4.22. The summed E-state index contributed by atoms with van der Waals surface area (Å²) in [6.07, 6.45) is 5.12. The van der Waals surface area contributed by atoms with E-state index in [1.54, 1.807) is 0 Å². The molecule has 2 heterocycles. The van der Waals surface area contributed by atoms with Crippen LogP contribution in [0.25, 0.3) is 11.4 Å². The van der Waals surface area contributed by atoms with Gasteiger partial charge in [-0.15, -0.1) is 0 Å². The molecule has 0 bridgehead atoms. The summed E-state index contributed by atoms with van der Waals surface area (Å²) in [6, 6.07) is 6.38. The Hall–Kier alpha value is -1.68. The number of ether oxygens (including phenoxy) is 1. The molecule has 0 spiro atoms. The lowest BCUT2D eigenvalue weighted by Gasteiger charge is -2.02. The molecular weight excluding hydrogens is 238 g/mol. The summed E-state index contributed by atoms with van der Waals surface area (Å²) in [7, 11) is 0. The number of aromatic nitrogens is 3. The molecule has 0 radical (unpaired) electrons. The van der Waals surface area contributed by atoms with Crippen LogP contribution in [0, 0.1) is 0 Å². The average molecular weight is 255 g/mol. The van der Waals surface area contributed by atoms with Crippen LogP contribution in [0.15, 0.2) is 18.2 Å². The topological polar surface area (TPSA) is 50.8 Å². The number of H-pyrrole nitrogens is 1. The van der Waals surface area contributed by atoms with E-state index in [4.69, 9.17) is 4.74 Å². The Morgan fingerprint density at radius 1 is 1.11 bits per heavy atom. The van der Waals surface area contributed by atoms with Crippen LogP contribution in [0.2, 0.25) is 0 Å². The largest absolute Gasteiger partial charge is 0.372 e. The van der Waals surface area contributed by atoms with Gasteiger partial charge in [-0.05, 0) is 30.0 Å². The first-order chi connectivity index (χ1) is 9.40. The maximum atomic E-state index is 5.44. The molecule has 1 fully saturated rings. The molecule has 2 aromatic rings. The van der Waals surface area contributed by atoms with Gasteiger partial charge in [-0.25, -0.2) is 4.98 Å². The molecule has 0 unspecified atom stereocenters. The third-order valence-corrected chi connectivity index (χ3v) is 4.22. The third kappa shape index (κ3) is 1.96. The fourth-order valence-electron chi connectivity index (χ4n) is 3.10. The highest BCUT2D eigenvalue weighted by molar-refractivity contribution is 5.57. The predicted molar refractivity (Wildman–Crippen MR) is 71.5 cm³/mol. The molecule has 1 aliphatic carbocycles. The van der Waals surface area contributed by atoms with Gasteiger partial charge >= 0.3 is 0 Å². The van der Waals surface area contributed by atoms with Gasteiger partial charge in [0.2, 0.25) is 0 Å². The lowest BCUT2D eigenvalue weighted by molar-refractivity contribution is 0.134. The number of aromatic amines is 1. The minimum Gasteiger partial charge on any atom is -0.372 e. The van der Waals surface area contributed by atoms with Crippen LogP contribution < -0.4 is 0 Å². The molecule has 0 amide bonds. The van der Waals surface area contributed by atoms with Crippen LogP contribution in [-0.4, -0.2) is 15.2 Å². The lowest BCUT2D eigenvalue weighted by Crippen LogP contribution is -1.94. The van der Waals surface area contributed by atoms with Crippen molar-refractivity contribution in [3.8, 4) is 11.4 Å². The second kappa shape index (κ2) is 4.46. The molecule has 0 atom stereocenters. The van der Waals surface area contributed by atoms with E-state index < -0.39 is 0 Å². The van der Waals surface area contributed by atoms with Crippen LogP contribution in [0.1, 0.15) is 48.6 Å². The molecule has 4 rings (SSSR count). The van der Waals surface area contributed by atoms with Crippen molar-refractivity contribution in [2.24, 2.45) is 0 Å². The molecule has 1 saturated carbocycles. The Morgan fingerprint density at radius 3 is 2.84 bits per heavy atom. The molecule has 1 N–H and O–H groups in total. The van der Waals surface area contributed by atoms with Crippen molar-refractivity contribution in [2.45, 2.75) is 44.8 Å². The van der Waals surface area contributed by atoms with E-state index in [1.807, 2.05) is 0 Å². The van der Waals surface area contributed by atoms with Crippen molar-refractivity contribution in [1.82, 2.24) is 15.2 Å². The van der Waals surface area contributed by atoms with Crippen molar-refractivity contribution < 1.29 is 4.74 Å². The normalized spacial score (nSPS) is 18.9. The molecule has 1 aromatic carbocycles. The van der Waals surface area contributed by atoms with Crippen molar-refractivity contribution in [1.29, 1.82) is 0 Å². The van der Waals surface area contributed by atoms with Gasteiger partial charge < -0.3 is 4.74 Å². The van der Waals surface area contributed by atoms with Crippen molar-refractivity contribution in [3.05, 3.63) is 35.2 Å². The van der Waals surface area contributed by atoms with Crippen LogP contribution >= 0.6 is 0 Å². The van der Waals surface area contributed by atoms with E-state index >= 15 is 0 Å². The van der Waals surface area contributed by atoms with E-state index in [0.29, 0.717) is 12.5 Å². The summed E-state index contributed by atoms with van der Waals surface area (Å²) < 4.78 is 5.44. The Labute approximate surface area is 112 Å². The molecule has 2 aliphatic rings. The molecule has 19 heavy (non-hydrogen) atoms. The summed E-state index contributed by atoms with van der Waals surface area (Å²) >= 11 is 0. The van der Waals surface area contributed by atoms with Crippen molar-refractivity contribution >= 4 is 0 Å². The average Bonchev–Trinajstić information content (AvgIpc) is 3.18. The summed E-state index contributed by atoms with van der Waals surface area (Å²) in [5, 5.41) is 7.50. The summed E-state index contributed by atoms with van der Waals surface area (Å²) in [4.78, 5) is 4.68. The lowest BCUT2D eigenvalue weighted by atomic mass is 10.1. The molecule has 0 saturated heterocycles. The Balaban J connectivity index is 1.65. The smallest absolute Gasteiger partial charge is 0.181 e. The zero-order valence-electron chi connectivity index (χ0n) is 10.9. The van der Waals surface area contributed by atoms with Gasteiger partial charge in [-0.1, -0.05) is 25.0 Å². The first-order valence-corrected chi connectivity index (χ1v) is 7.02. The molecule has 4 heteroatoms. The maximum Gasteiger partial charge on any atom is 0.181 e. The van der Waals surface area contributed by atoms with Gasteiger partial charge in [0, 0.05) is 11.5 Å². The second-order valence-corrected chi connectivity index (χ2v) is 5.50. The SMILES string of the molecule is c1cc2c(cc1-c1n[nH]c(C3CCCC3)n1)COC2. The Bertz CT molecular complexity index is 599. The molecular formula is C15H17N3O. The van der Waals surface area contributed by atoms with E-state index in [9.17, 15) is 0 Å². The minimum absolute atomic E-state index is 0.582. The van der Waals surface area contributed by atoms with Gasteiger partial charge in [0.05, 0.1) is 13.2 Å². The van der Waals surface area contributed by atoms with E-state index in [0.717, 1.165) is 23.8 Å². The highest BCUT2D eigenvalue weighted by atomic mass is 16.5. The molecule has 98 valence electrons.